The minimum Gasteiger partial charge on any atom is -0.376 e. The lowest BCUT2D eigenvalue weighted by molar-refractivity contribution is -0.124. The van der Waals surface area contributed by atoms with E-state index in [2.05, 4.69) is 12.2 Å². The highest BCUT2D eigenvalue weighted by Crippen LogP contribution is 2.38. The molecular weight excluding hydrogens is 216 g/mol. The Kier molecular flexibility index (Phi) is 4.05. The maximum Gasteiger partial charge on any atom is 0.237 e. The van der Waals surface area contributed by atoms with Crippen molar-refractivity contribution in [2.24, 2.45) is 17.6 Å². The van der Waals surface area contributed by atoms with Crippen LogP contribution in [0.4, 0.5) is 0 Å². The first kappa shape index (κ1) is 12.8. The fourth-order valence-corrected chi connectivity index (χ4v) is 2.45. The number of amides is 1. The number of rotatable bonds is 5. The van der Waals surface area contributed by atoms with Gasteiger partial charge in [0.1, 0.15) is 0 Å². The van der Waals surface area contributed by atoms with E-state index in [1.54, 1.807) is 0 Å². The molecule has 3 unspecified atom stereocenters. The molecule has 0 spiro atoms. The fraction of sp³-hybridized carbons (Fsp3) is 0.923. The van der Waals surface area contributed by atoms with Gasteiger partial charge in [-0.05, 0) is 31.1 Å². The Morgan fingerprint density at radius 1 is 1.47 bits per heavy atom. The van der Waals surface area contributed by atoms with Crippen LogP contribution in [-0.2, 0) is 9.53 Å². The van der Waals surface area contributed by atoms with Crippen LogP contribution in [-0.4, -0.2) is 30.7 Å². The van der Waals surface area contributed by atoms with Crippen LogP contribution in [0.2, 0.25) is 0 Å². The number of carbonyl (C=O) groups excluding carboxylic acids is 1. The van der Waals surface area contributed by atoms with Gasteiger partial charge in [0, 0.05) is 6.61 Å². The SMILES string of the molecule is CCC(C)[C@H](N)C(=O)NC1CCOC1C1CC1. The quantitative estimate of drug-likeness (QED) is 0.755. The minimum absolute atomic E-state index is 0.0134. The Labute approximate surface area is 103 Å². The van der Waals surface area contributed by atoms with E-state index in [9.17, 15) is 4.79 Å². The summed E-state index contributed by atoms with van der Waals surface area (Å²) in [7, 11) is 0. The molecule has 1 heterocycles. The topological polar surface area (TPSA) is 64.4 Å². The van der Waals surface area contributed by atoms with Gasteiger partial charge in [0.25, 0.3) is 0 Å². The van der Waals surface area contributed by atoms with Crippen LogP contribution in [0.5, 0.6) is 0 Å². The highest BCUT2D eigenvalue weighted by Gasteiger charge is 2.41. The molecule has 2 fully saturated rings. The van der Waals surface area contributed by atoms with Crippen molar-refractivity contribution in [3.8, 4) is 0 Å². The average Bonchev–Trinajstić information content (AvgIpc) is 3.08. The lowest BCUT2D eigenvalue weighted by Crippen LogP contribution is -2.50. The van der Waals surface area contributed by atoms with Crippen molar-refractivity contribution in [1.82, 2.24) is 5.32 Å². The molecule has 4 atom stereocenters. The van der Waals surface area contributed by atoms with Crippen molar-refractivity contribution in [3.63, 3.8) is 0 Å². The molecule has 0 radical (unpaired) electrons. The zero-order valence-electron chi connectivity index (χ0n) is 10.8. The van der Waals surface area contributed by atoms with Gasteiger partial charge in [0.15, 0.2) is 0 Å². The van der Waals surface area contributed by atoms with Crippen LogP contribution in [0.3, 0.4) is 0 Å². The first-order valence-corrected chi connectivity index (χ1v) is 6.81. The second-order valence-corrected chi connectivity index (χ2v) is 5.49. The molecule has 17 heavy (non-hydrogen) atoms. The molecule has 1 saturated heterocycles. The highest BCUT2D eigenvalue weighted by atomic mass is 16.5. The first-order valence-electron chi connectivity index (χ1n) is 6.81. The molecule has 0 aromatic carbocycles. The van der Waals surface area contributed by atoms with E-state index >= 15 is 0 Å². The van der Waals surface area contributed by atoms with Gasteiger partial charge in [-0.2, -0.15) is 0 Å². The Hall–Kier alpha value is -0.610. The van der Waals surface area contributed by atoms with Gasteiger partial charge in [-0.15, -0.1) is 0 Å². The average molecular weight is 240 g/mol. The predicted molar refractivity (Wildman–Crippen MR) is 66.4 cm³/mol. The molecule has 4 nitrogen and oxygen atoms in total. The van der Waals surface area contributed by atoms with Crippen molar-refractivity contribution in [1.29, 1.82) is 0 Å². The minimum atomic E-state index is -0.388. The molecule has 2 rings (SSSR count). The number of ether oxygens (including phenoxy) is 1. The predicted octanol–water partition coefficient (Wildman–Crippen LogP) is 1.04. The van der Waals surface area contributed by atoms with Gasteiger partial charge in [-0.25, -0.2) is 0 Å². The van der Waals surface area contributed by atoms with E-state index in [0.29, 0.717) is 5.92 Å². The third-order valence-corrected chi connectivity index (χ3v) is 4.11. The maximum atomic E-state index is 12.0. The standard InChI is InChI=1S/C13H24N2O2/c1-3-8(2)11(14)13(16)15-10-6-7-17-12(10)9-4-5-9/h8-12H,3-7,14H2,1-2H3,(H,15,16)/t8?,10?,11-,12?/m0/s1. The maximum absolute atomic E-state index is 12.0. The molecule has 1 aliphatic heterocycles. The third kappa shape index (κ3) is 2.99. The molecule has 98 valence electrons. The number of nitrogens with one attached hydrogen (secondary N) is 1. The number of nitrogens with two attached hydrogens (primary N) is 1. The van der Waals surface area contributed by atoms with Gasteiger partial charge < -0.3 is 15.8 Å². The van der Waals surface area contributed by atoms with Crippen LogP contribution in [0.25, 0.3) is 0 Å². The summed E-state index contributed by atoms with van der Waals surface area (Å²) >= 11 is 0. The molecule has 3 N–H and O–H groups in total. The van der Waals surface area contributed by atoms with Gasteiger partial charge in [-0.3, -0.25) is 4.79 Å². The second-order valence-electron chi connectivity index (χ2n) is 5.49. The van der Waals surface area contributed by atoms with E-state index in [1.165, 1.54) is 12.8 Å². The summed E-state index contributed by atoms with van der Waals surface area (Å²) in [5.74, 6) is 0.889. The van der Waals surface area contributed by atoms with Crippen LogP contribution in [0.15, 0.2) is 0 Å². The summed E-state index contributed by atoms with van der Waals surface area (Å²) in [5, 5.41) is 3.08. The summed E-state index contributed by atoms with van der Waals surface area (Å²) in [6.07, 6.45) is 4.59. The fourth-order valence-electron chi connectivity index (χ4n) is 2.45. The normalized spacial score (nSPS) is 32.2. The molecule has 4 heteroatoms. The summed E-state index contributed by atoms with van der Waals surface area (Å²) in [5.41, 5.74) is 5.93. The summed E-state index contributed by atoms with van der Waals surface area (Å²) in [6.45, 7) is 4.85. The summed E-state index contributed by atoms with van der Waals surface area (Å²) in [6, 6.07) is -0.203. The van der Waals surface area contributed by atoms with E-state index in [-0.39, 0.29) is 30.0 Å². The third-order valence-electron chi connectivity index (χ3n) is 4.11. The Morgan fingerprint density at radius 3 is 2.76 bits per heavy atom. The molecule has 0 aromatic rings. The van der Waals surface area contributed by atoms with Crippen molar-refractivity contribution in [2.75, 3.05) is 6.61 Å². The Bertz CT molecular complexity index is 279. The second kappa shape index (κ2) is 5.36. The van der Waals surface area contributed by atoms with E-state index in [0.717, 1.165) is 19.4 Å². The van der Waals surface area contributed by atoms with Crippen LogP contribution in [0, 0.1) is 11.8 Å². The molecule has 1 amide bonds. The van der Waals surface area contributed by atoms with Crippen LogP contribution in [0.1, 0.15) is 39.5 Å². The molecule has 0 bridgehead atoms. The monoisotopic (exact) mass is 240 g/mol. The van der Waals surface area contributed by atoms with Gasteiger partial charge in [-0.1, -0.05) is 20.3 Å². The molecule has 1 aliphatic carbocycles. The number of hydrogen-bond acceptors (Lipinski definition) is 3. The van der Waals surface area contributed by atoms with Crippen LogP contribution < -0.4 is 11.1 Å². The highest BCUT2D eigenvalue weighted by molar-refractivity contribution is 5.82. The van der Waals surface area contributed by atoms with Crippen molar-refractivity contribution in [3.05, 3.63) is 0 Å². The van der Waals surface area contributed by atoms with Gasteiger partial charge in [0.2, 0.25) is 5.91 Å². The molecule has 2 aliphatic rings. The summed E-state index contributed by atoms with van der Waals surface area (Å²) < 4.78 is 5.70. The van der Waals surface area contributed by atoms with Crippen molar-refractivity contribution < 1.29 is 9.53 Å². The zero-order chi connectivity index (χ0) is 12.4. The smallest absolute Gasteiger partial charge is 0.237 e. The van der Waals surface area contributed by atoms with Crippen LogP contribution >= 0.6 is 0 Å². The van der Waals surface area contributed by atoms with E-state index < -0.39 is 0 Å². The van der Waals surface area contributed by atoms with Crippen molar-refractivity contribution >= 4 is 5.91 Å². The van der Waals surface area contributed by atoms with Crippen molar-refractivity contribution in [2.45, 2.75) is 57.7 Å². The number of carbonyl (C=O) groups is 1. The largest absolute Gasteiger partial charge is 0.376 e. The van der Waals surface area contributed by atoms with E-state index in [1.807, 2.05) is 6.92 Å². The summed E-state index contributed by atoms with van der Waals surface area (Å²) in [4.78, 5) is 12.0. The lowest BCUT2D eigenvalue weighted by Gasteiger charge is -2.23. The van der Waals surface area contributed by atoms with Gasteiger partial charge in [0.05, 0.1) is 18.2 Å². The molecule has 1 saturated carbocycles. The number of hydrogen-bond donors (Lipinski definition) is 2. The zero-order valence-corrected chi connectivity index (χ0v) is 10.8. The van der Waals surface area contributed by atoms with E-state index in [4.69, 9.17) is 10.5 Å². The lowest BCUT2D eigenvalue weighted by atomic mass is 9.98. The van der Waals surface area contributed by atoms with Gasteiger partial charge >= 0.3 is 0 Å². The molecular formula is C13H24N2O2. The Balaban J connectivity index is 1.84. The molecule has 0 aromatic heterocycles. The Morgan fingerprint density at radius 2 is 2.18 bits per heavy atom. The first-order chi connectivity index (χ1) is 8.13.